The number of amides is 3. The van der Waals surface area contributed by atoms with Crippen LogP contribution in [0.2, 0.25) is 0 Å². The summed E-state index contributed by atoms with van der Waals surface area (Å²) in [6, 6.07) is 26.6. The van der Waals surface area contributed by atoms with Crippen LogP contribution in [0.15, 0.2) is 84.9 Å². The molecule has 0 aliphatic carbocycles. The van der Waals surface area contributed by atoms with E-state index in [-0.39, 0.29) is 19.6 Å². The Morgan fingerprint density at radius 3 is 2.03 bits per heavy atom. The quantitative estimate of drug-likeness (QED) is 0.417. The van der Waals surface area contributed by atoms with Crippen LogP contribution in [0.1, 0.15) is 30.0 Å². The summed E-state index contributed by atoms with van der Waals surface area (Å²) in [6.07, 6.45) is -2.38. The smallest absolute Gasteiger partial charge is 0.326 e. The molecule has 3 N–H and O–H groups in total. The highest BCUT2D eigenvalue weighted by atomic mass is 16.5. The number of benzene rings is 3. The third-order valence-electron chi connectivity index (χ3n) is 7.97. The summed E-state index contributed by atoms with van der Waals surface area (Å²) in [7, 11) is 1.60. The largest absolute Gasteiger partial charge is 0.497 e. The zero-order valence-electron chi connectivity index (χ0n) is 21.4. The monoisotopic (exact) mass is 516 g/mol. The third-order valence-corrected chi connectivity index (χ3v) is 7.97. The number of hydrogen-bond donors (Lipinski definition) is 3. The molecule has 0 radical (unpaired) electrons. The molecule has 0 aromatic heterocycles. The summed E-state index contributed by atoms with van der Waals surface area (Å²) < 4.78 is 11.3. The van der Waals surface area contributed by atoms with Gasteiger partial charge in [0.1, 0.15) is 18.1 Å². The minimum atomic E-state index is -1.22. The fourth-order valence-corrected chi connectivity index (χ4v) is 6.06. The Morgan fingerprint density at radius 2 is 1.53 bits per heavy atom. The average molecular weight is 517 g/mol. The van der Waals surface area contributed by atoms with Gasteiger partial charge in [0.25, 0.3) is 0 Å². The molecule has 38 heavy (non-hydrogen) atoms. The van der Waals surface area contributed by atoms with Gasteiger partial charge in [-0.05, 0) is 35.7 Å². The van der Waals surface area contributed by atoms with Crippen LogP contribution >= 0.6 is 0 Å². The maximum atomic E-state index is 14.0. The van der Waals surface area contributed by atoms with Crippen molar-refractivity contribution in [3.63, 3.8) is 0 Å². The minimum absolute atomic E-state index is 0.0169. The summed E-state index contributed by atoms with van der Waals surface area (Å²) in [5, 5.41) is 22.6. The van der Waals surface area contributed by atoms with Crippen LogP contribution < -0.4 is 10.1 Å². The topological polar surface area (TPSA) is 108 Å². The van der Waals surface area contributed by atoms with Crippen molar-refractivity contribution in [2.24, 2.45) is 5.41 Å². The van der Waals surface area contributed by atoms with Gasteiger partial charge in [0, 0.05) is 13.0 Å². The standard InChI is InChI=1S/C30H32N2O6/c1-29(19-32(28(36)31-27(29)35)26-17-24(34)25(18-33)38-26)30(20-9-5-3-6-10-20,21-11-7-4-8-12-21)22-13-15-23(37-2)16-14-22/h3-16,24-26,33-34H,17-19H2,1-2H3,(H,31,35,36)/t24-,25+,26+,29?/m0/s1. The fraction of sp³-hybridized carbons (Fsp3) is 0.333. The van der Waals surface area contributed by atoms with Crippen LogP contribution in [0.25, 0.3) is 0 Å². The van der Waals surface area contributed by atoms with E-state index in [1.807, 2.05) is 91.9 Å². The van der Waals surface area contributed by atoms with Gasteiger partial charge < -0.3 is 19.7 Å². The molecule has 8 nitrogen and oxygen atoms in total. The first-order chi connectivity index (χ1) is 18.3. The normalized spacial score (nSPS) is 25.8. The number of ether oxygens (including phenoxy) is 2. The number of aliphatic hydroxyl groups excluding tert-OH is 2. The van der Waals surface area contributed by atoms with Crippen molar-refractivity contribution < 1.29 is 29.3 Å². The first kappa shape index (κ1) is 25.9. The lowest BCUT2D eigenvalue weighted by Gasteiger charge is -2.53. The lowest BCUT2D eigenvalue weighted by Crippen LogP contribution is -2.68. The number of hydrogen-bond acceptors (Lipinski definition) is 6. The highest BCUT2D eigenvalue weighted by Crippen LogP contribution is 2.54. The van der Waals surface area contributed by atoms with E-state index in [2.05, 4.69) is 5.32 Å². The van der Waals surface area contributed by atoms with E-state index in [1.54, 1.807) is 7.11 Å². The Kier molecular flexibility index (Phi) is 6.96. The molecule has 0 saturated carbocycles. The zero-order valence-corrected chi connectivity index (χ0v) is 21.4. The van der Waals surface area contributed by atoms with Gasteiger partial charge in [-0.15, -0.1) is 0 Å². The predicted molar refractivity (Wildman–Crippen MR) is 140 cm³/mol. The van der Waals surface area contributed by atoms with Crippen LogP contribution in [-0.4, -0.2) is 65.7 Å². The minimum Gasteiger partial charge on any atom is -0.497 e. The molecule has 5 rings (SSSR count). The first-order valence-electron chi connectivity index (χ1n) is 12.7. The Bertz CT molecular complexity index is 1240. The van der Waals surface area contributed by atoms with E-state index in [1.165, 1.54) is 4.90 Å². The lowest BCUT2D eigenvalue weighted by molar-refractivity contribution is -0.140. The first-order valence-corrected chi connectivity index (χ1v) is 12.7. The highest BCUT2D eigenvalue weighted by Gasteiger charge is 2.60. The number of nitrogens with zero attached hydrogens (tertiary/aromatic N) is 1. The number of nitrogens with one attached hydrogen (secondary N) is 1. The van der Waals surface area contributed by atoms with Crippen LogP contribution in [0, 0.1) is 5.41 Å². The molecule has 0 spiro atoms. The van der Waals surface area contributed by atoms with Gasteiger partial charge in [-0.1, -0.05) is 72.8 Å². The molecule has 198 valence electrons. The summed E-state index contributed by atoms with van der Waals surface area (Å²) in [4.78, 5) is 28.7. The van der Waals surface area contributed by atoms with Crippen LogP contribution in [0.5, 0.6) is 5.75 Å². The summed E-state index contributed by atoms with van der Waals surface area (Å²) >= 11 is 0. The van der Waals surface area contributed by atoms with Crippen molar-refractivity contribution in [2.75, 3.05) is 20.3 Å². The molecule has 1 unspecified atom stereocenters. The molecule has 8 heteroatoms. The predicted octanol–water partition coefficient (Wildman–Crippen LogP) is 3.06. The second-order valence-electron chi connectivity index (χ2n) is 10.0. The number of urea groups is 1. The van der Waals surface area contributed by atoms with Gasteiger partial charge >= 0.3 is 6.03 Å². The molecule has 3 aromatic rings. The van der Waals surface area contributed by atoms with Crippen LogP contribution in [-0.2, 0) is 14.9 Å². The van der Waals surface area contributed by atoms with Crippen molar-refractivity contribution >= 4 is 11.9 Å². The van der Waals surface area contributed by atoms with E-state index in [9.17, 15) is 19.8 Å². The molecule has 2 aliphatic heterocycles. The van der Waals surface area contributed by atoms with Crippen molar-refractivity contribution in [3.05, 3.63) is 102 Å². The Labute approximate surface area is 221 Å². The lowest BCUT2D eigenvalue weighted by atomic mass is 9.53. The van der Waals surface area contributed by atoms with E-state index >= 15 is 0 Å². The Morgan fingerprint density at radius 1 is 0.974 bits per heavy atom. The third kappa shape index (κ3) is 4.05. The van der Waals surface area contributed by atoms with E-state index in [0.717, 1.165) is 16.7 Å². The van der Waals surface area contributed by atoms with Crippen molar-refractivity contribution in [2.45, 2.75) is 37.2 Å². The maximum absolute atomic E-state index is 14.0. The molecule has 3 amide bonds. The number of aliphatic hydroxyl groups is 2. The van der Waals surface area contributed by atoms with Crippen LogP contribution in [0.4, 0.5) is 4.79 Å². The SMILES string of the molecule is COc1ccc(C(c2ccccc2)(c2ccccc2)C2(C)CN([C@H]3C[C@H](O)[C@@H](CO)O3)C(=O)NC2=O)cc1. The van der Waals surface area contributed by atoms with Gasteiger partial charge in [-0.25, -0.2) is 4.79 Å². The molecule has 3 aromatic carbocycles. The number of imide groups is 1. The summed E-state index contributed by atoms with van der Waals surface area (Å²) in [5.74, 6) is 0.266. The molecule has 0 bridgehead atoms. The molecular formula is C30H32N2O6. The van der Waals surface area contributed by atoms with Gasteiger partial charge in [0.05, 0.1) is 30.7 Å². The summed E-state index contributed by atoms with van der Waals surface area (Å²) in [5.41, 5.74) is 0.360. The number of rotatable bonds is 7. The van der Waals surface area contributed by atoms with Crippen molar-refractivity contribution in [1.29, 1.82) is 0 Å². The van der Waals surface area contributed by atoms with Crippen LogP contribution in [0.3, 0.4) is 0 Å². The van der Waals surface area contributed by atoms with E-state index in [0.29, 0.717) is 5.75 Å². The Balaban J connectivity index is 1.74. The molecule has 2 aliphatic rings. The number of carbonyl (C=O) groups is 2. The molecule has 2 saturated heterocycles. The van der Waals surface area contributed by atoms with Crippen molar-refractivity contribution in [3.8, 4) is 5.75 Å². The highest BCUT2D eigenvalue weighted by molar-refractivity contribution is 6.01. The second-order valence-corrected chi connectivity index (χ2v) is 10.0. The van der Waals surface area contributed by atoms with Crippen molar-refractivity contribution in [1.82, 2.24) is 10.2 Å². The molecule has 4 atom stereocenters. The van der Waals surface area contributed by atoms with Gasteiger partial charge in [0.2, 0.25) is 5.91 Å². The van der Waals surface area contributed by atoms with E-state index < -0.39 is 41.2 Å². The maximum Gasteiger partial charge on any atom is 0.326 e. The fourth-order valence-electron chi connectivity index (χ4n) is 6.06. The average Bonchev–Trinajstić information content (AvgIpc) is 3.33. The second kappa shape index (κ2) is 10.2. The van der Waals surface area contributed by atoms with Gasteiger partial charge in [0.15, 0.2) is 0 Å². The number of carbonyl (C=O) groups excluding carboxylic acids is 2. The molecule has 2 heterocycles. The van der Waals surface area contributed by atoms with Gasteiger partial charge in [-0.2, -0.15) is 0 Å². The molecule has 2 fully saturated rings. The van der Waals surface area contributed by atoms with Gasteiger partial charge in [-0.3, -0.25) is 15.0 Å². The molecular weight excluding hydrogens is 484 g/mol. The number of methoxy groups -OCH3 is 1. The zero-order chi connectivity index (χ0) is 26.9. The Hall–Kier alpha value is -3.72. The van der Waals surface area contributed by atoms with E-state index in [4.69, 9.17) is 9.47 Å². The summed E-state index contributed by atoms with van der Waals surface area (Å²) in [6.45, 7) is 1.51.